The SMILES string of the molecule is CCOC(=O)c1cn2c(cc1=O)-c1cc(Br)c(O)cc1CC2(C)C(C)C. The van der Waals surface area contributed by atoms with E-state index < -0.39 is 5.97 Å². The Morgan fingerprint density at radius 3 is 2.69 bits per heavy atom. The fraction of sp³-hybridized carbons (Fsp3) is 0.400. The van der Waals surface area contributed by atoms with Gasteiger partial charge >= 0.3 is 5.97 Å². The Kier molecular flexibility index (Phi) is 4.73. The number of fused-ring (bicyclic) bond motifs is 3. The molecule has 2 heterocycles. The fourth-order valence-electron chi connectivity index (χ4n) is 3.47. The highest BCUT2D eigenvalue weighted by Crippen LogP contribution is 2.44. The summed E-state index contributed by atoms with van der Waals surface area (Å²) in [6, 6.07) is 5.06. The predicted molar refractivity (Wildman–Crippen MR) is 104 cm³/mol. The van der Waals surface area contributed by atoms with Crippen LogP contribution in [-0.4, -0.2) is 22.2 Å². The molecule has 0 saturated heterocycles. The van der Waals surface area contributed by atoms with Gasteiger partial charge in [-0.2, -0.15) is 0 Å². The van der Waals surface area contributed by atoms with Crippen LogP contribution in [0.3, 0.4) is 0 Å². The molecule has 1 aliphatic rings. The van der Waals surface area contributed by atoms with Gasteiger partial charge in [0.1, 0.15) is 11.3 Å². The number of hydrogen-bond acceptors (Lipinski definition) is 4. The third-order valence-electron chi connectivity index (χ3n) is 5.34. The fourth-order valence-corrected chi connectivity index (χ4v) is 3.81. The highest BCUT2D eigenvalue weighted by molar-refractivity contribution is 9.10. The number of aromatic hydroxyl groups is 1. The Hall–Kier alpha value is -2.08. The van der Waals surface area contributed by atoms with E-state index >= 15 is 0 Å². The monoisotopic (exact) mass is 419 g/mol. The first kappa shape index (κ1) is 18.7. The summed E-state index contributed by atoms with van der Waals surface area (Å²) in [6.45, 7) is 8.25. The number of esters is 1. The number of aromatic nitrogens is 1. The van der Waals surface area contributed by atoms with Gasteiger partial charge in [-0.1, -0.05) is 13.8 Å². The van der Waals surface area contributed by atoms with Crippen molar-refractivity contribution in [3.63, 3.8) is 0 Å². The third kappa shape index (κ3) is 2.86. The van der Waals surface area contributed by atoms with Crippen LogP contribution in [-0.2, 0) is 16.7 Å². The van der Waals surface area contributed by atoms with Crippen LogP contribution in [0.5, 0.6) is 5.75 Å². The summed E-state index contributed by atoms with van der Waals surface area (Å²) in [7, 11) is 0. The predicted octanol–water partition coefficient (Wildman–Crippen LogP) is 4.09. The second-order valence-electron chi connectivity index (χ2n) is 7.18. The molecule has 0 fully saturated rings. The van der Waals surface area contributed by atoms with Crippen molar-refractivity contribution in [1.82, 2.24) is 4.57 Å². The van der Waals surface area contributed by atoms with Crippen LogP contribution in [0.25, 0.3) is 11.3 Å². The zero-order valence-corrected chi connectivity index (χ0v) is 16.9. The largest absolute Gasteiger partial charge is 0.507 e. The highest BCUT2D eigenvalue weighted by atomic mass is 79.9. The maximum atomic E-state index is 12.6. The number of nitrogens with zero attached hydrogens (tertiary/aromatic N) is 1. The van der Waals surface area contributed by atoms with E-state index in [0.717, 1.165) is 16.8 Å². The first-order valence-corrected chi connectivity index (χ1v) is 9.44. The van der Waals surface area contributed by atoms with Crippen molar-refractivity contribution in [3.05, 3.63) is 50.2 Å². The lowest BCUT2D eigenvalue weighted by Crippen LogP contribution is -2.42. The van der Waals surface area contributed by atoms with Gasteiger partial charge in [0.2, 0.25) is 0 Å². The minimum atomic E-state index is -0.600. The van der Waals surface area contributed by atoms with E-state index in [0.29, 0.717) is 10.9 Å². The summed E-state index contributed by atoms with van der Waals surface area (Å²) < 4.78 is 7.62. The molecule has 1 unspecified atom stereocenters. The normalized spacial score (nSPS) is 18.4. The van der Waals surface area contributed by atoms with Crippen molar-refractivity contribution in [2.24, 2.45) is 5.92 Å². The molecule has 0 aliphatic carbocycles. The molecule has 0 amide bonds. The number of halogens is 1. The van der Waals surface area contributed by atoms with Crippen molar-refractivity contribution in [1.29, 1.82) is 0 Å². The van der Waals surface area contributed by atoms with E-state index in [2.05, 4.69) is 36.7 Å². The van der Waals surface area contributed by atoms with Crippen molar-refractivity contribution in [2.45, 2.75) is 39.7 Å². The first-order valence-electron chi connectivity index (χ1n) is 8.65. The Labute approximate surface area is 160 Å². The molecule has 6 heteroatoms. The molecule has 1 N–H and O–H groups in total. The average Bonchev–Trinajstić information content (AvgIpc) is 2.56. The number of carbonyl (C=O) groups is 1. The minimum Gasteiger partial charge on any atom is -0.507 e. The average molecular weight is 420 g/mol. The Morgan fingerprint density at radius 1 is 1.38 bits per heavy atom. The van der Waals surface area contributed by atoms with Gasteiger partial charge in [-0.15, -0.1) is 0 Å². The highest BCUT2D eigenvalue weighted by Gasteiger charge is 2.38. The molecule has 26 heavy (non-hydrogen) atoms. The zero-order chi connectivity index (χ0) is 19.2. The second kappa shape index (κ2) is 6.58. The summed E-state index contributed by atoms with van der Waals surface area (Å²) in [5.41, 5.74) is 1.92. The van der Waals surface area contributed by atoms with Gasteiger partial charge < -0.3 is 14.4 Å². The zero-order valence-electron chi connectivity index (χ0n) is 15.3. The number of hydrogen-bond donors (Lipinski definition) is 1. The van der Waals surface area contributed by atoms with Crippen molar-refractivity contribution in [2.75, 3.05) is 6.61 Å². The van der Waals surface area contributed by atoms with E-state index in [1.807, 2.05) is 10.6 Å². The standard InChI is InChI=1S/C20H22BrNO4/c1-5-26-19(25)14-10-22-16(8-17(14)23)13-7-15(21)18(24)6-12(13)9-20(22,4)11(2)3/h6-8,10-11,24H,5,9H2,1-4H3. The lowest BCUT2D eigenvalue weighted by atomic mass is 9.77. The summed E-state index contributed by atoms with van der Waals surface area (Å²) in [5.74, 6) is -0.192. The van der Waals surface area contributed by atoms with E-state index in [1.54, 1.807) is 19.2 Å². The molecule has 0 bridgehead atoms. The summed E-state index contributed by atoms with van der Waals surface area (Å²) in [4.78, 5) is 24.8. The van der Waals surface area contributed by atoms with E-state index in [9.17, 15) is 14.7 Å². The van der Waals surface area contributed by atoms with Crippen LogP contribution in [0, 0.1) is 5.92 Å². The van der Waals surface area contributed by atoms with Crippen LogP contribution in [0.4, 0.5) is 0 Å². The lowest BCUT2D eigenvalue weighted by Gasteiger charge is -2.43. The molecule has 0 radical (unpaired) electrons. The molecule has 0 saturated carbocycles. The number of rotatable bonds is 3. The maximum Gasteiger partial charge on any atom is 0.343 e. The Bertz CT molecular complexity index is 948. The van der Waals surface area contributed by atoms with E-state index in [4.69, 9.17) is 4.74 Å². The number of ether oxygens (including phenoxy) is 1. The van der Waals surface area contributed by atoms with Crippen LogP contribution in [0.1, 0.15) is 43.6 Å². The third-order valence-corrected chi connectivity index (χ3v) is 5.97. The van der Waals surface area contributed by atoms with E-state index in [1.165, 1.54) is 6.07 Å². The van der Waals surface area contributed by atoms with E-state index in [-0.39, 0.29) is 34.8 Å². The molecule has 1 aromatic heterocycles. The van der Waals surface area contributed by atoms with Crippen LogP contribution < -0.4 is 5.43 Å². The van der Waals surface area contributed by atoms with Gasteiger partial charge in [0.15, 0.2) is 5.43 Å². The lowest BCUT2D eigenvalue weighted by molar-refractivity contribution is 0.0522. The molecule has 1 atom stereocenters. The molecule has 1 aliphatic heterocycles. The number of pyridine rings is 1. The van der Waals surface area contributed by atoms with Crippen LogP contribution in [0.2, 0.25) is 0 Å². The molecule has 5 nitrogen and oxygen atoms in total. The second-order valence-corrected chi connectivity index (χ2v) is 8.03. The Balaban J connectivity index is 2.32. The van der Waals surface area contributed by atoms with Crippen LogP contribution in [0.15, 0.2) is 33.7 Å². The molecular formula is C20H22BrNO4. The summed E-state index contributed by atoms with van der Waals surface area (Å²) >= 11 is 3.35. The molecule has 2 aromatic rings. The first-order chi connectivity index (χ1) is 12.2. The summed E-state index contributed by atoms with van der Waals surface area (Å²) in [5, 5.41) is 10.1. The smallest absolute Gasteiger partial charge is 0.343 e. The number of benzene rings is 1. The van der Waals surface area contributed by atoms with Gasteiger partial charge in [-0.05, 0) is 59.8 Å². The van der Waals surface area contributed by atoms with Gasteiger partial charge in [0.05, 0.1) is 16.8 Å². The molecular weight excluding hydrogens is 398 g/mol. The number of phenolic OH excluding ortho intramolecular Hbond substituents is 1. The molecule has 0 spiro atoms. The van der Waals surface area contributed by atoms with Crippen molar-refractivity contribution >= 4 is 21.9 Å². The van der Waals surface area contributed by atoms with Gasteiger partial charge in [-0.3, -0.25) is 4.79 Å². The van der Waals surface area contributed by atoms with Crippen LogP contribution >= 0.6 is 15.9 Å². The Morgan fingerprint density at radius 2 is 2.08 bits per heavy atom. The maximum absolute atomic E-state index is 12.6. The van der Waals surface area contributed by atoms with Gasteiger partial charge in [-0.25, -0.2) is 4.79 Å². The number of phenols is 1. The van der Waals surface area contributed by atoms with Gasteiger partial charge in [0, 0.05) is 23.4 Å². The molecule has 3 rings (SSSR count). The summed E-state index contributed by atoms with van der Waals surface area (Å²) in [6.07, 6.45) is 2.30. The van der Waals surface area contributed by atoms with Gasteiger partial charge in [0.25, 0.3) is 0 Å². The minimum absolute atomic E-state index is 0.0452. The molecule has 138 valence electrons. The van der Waals surface area contributed by atoms with Crippen molar-refractivity contribution in [3.8, 4) is 17.0 Å². The molecule has 1 aromatic carbocycles. The number of carbonyl (C=O) groups excluding carboxylic acids is 1. The van der Waals surface area contributed by atoms with Crippen molar-refractivity contribution < 1.29 is 14.6 Å². The topological polar surface area (TPSA) is 68.5 Å². The quantitative estimate of drug-likeness (QED) is 0.760.